The molecule has 17 N–H and O–H groups in total. The van der Waals surface area contributed by atoms with Crippen LogP contribution in [0, 0.1) is 0 Å². The zero-order valence-corrected chi connectivity index (χ0v) is 32.9. The minimum Gasteiger partial charge on any atom is -1.00 e. The van der Waals surface area contributed by atoms with E-state index in [0.717, 1.165) is 33.3 Å². The monoisotopic (exact) mass is 749 g/mol. The molecule has 0 saturated carbocycles. The maximum Gasteiger partial charge on any atom is 2.00 e. The Morgan fingerprint density at radius 2 is 0.846 bits per heavy atom. The van der Waals surface area contributed by atoms with Gasteiger partial charge in [-0.25, -0.2) is 0 Å². The van der Waals surface area contributed by atoms with E-state index in [1.54, 1.807) is 0 Å². The molecule has 0 aromatic rings. The van der Waals surface area contributed by atoms with Gasteiger partial charge in [0.15, 0.2) is 0 Å². The largest absolute Gasteiger partial charge is 2.00 e. The van der Waals surface area contributed by atoms with Gasteiger partial charge in [0.2, 0.25) is 0 Å². The molecule has 236 valence electrons. The molecule has 0 atom stereocenters. The Hall–Kier alpha value is 2.61. The van der Waals surface area contributed by atoms with Crippen molar-refractivity contribution >= 4 is 117 Å². The molecule has 0 amide bonds. The van der Waals surface area contributed by atoms with Crippen molar-refractivity contribution in [2.45, 2.75) is 26.7 Å². The van der Waals surface area contributed by atoms with E-state index < -0.39 is 0 Å². The Morgan fingerprint density at radius 1 is 0.744 bits per heavy atom. The molecular formula is C16H47Ca2Cl5MgN5O10+. The molecule has 0 aromatic heterocycles. The molecule has 23 heteroatoms. The van der Waals surface area contributed by atoms with Crippen molar-refractivity contribution in [1.82, 2.24) is 16.8 Å². The molecule has 1 aliphatic heterocycles. The summed E-state index contributed by atoms with van der Waals surface area (Å²) in [4.78, 5) is 40.7. The van der Waals surface area contributed by atoms with Crippen LogP contribution in [0.15, 0.2) is 0 Å². The predicted octanol–water partition coefficient (Wildman–Crippen LogP) is -20.3. The van der Waals surface area contributed by atoms with Crippen LogP contribution >= 0.6 is 0 Å². The van der Waals surface area contributed by atoms with Crippen molar-refractivity contribution in [2.75, 3.05) is 59.6 Å². The molecule has 1 aliphatic rings. The summed E-state index contributed by atoms with van der Waals surface area (Å²) in [5, 5.41) is 35.8. The van der Waals surface area contributed by atoms with E-state index in [2.05, 4.69) is 35.9 Å². The molecule has 1 saturated heterocycles. The van der Waals surface area contributed by atoms with Gasteiger partial charge in [-0.3, -0.25) is 0 Å². The van der Waals surface area contributed by atoms with Crippen molar-refractivity contribution < 1.29 is 125 Å². The van der Waals surface area contributed by atoms with Crippen LogP contribution in [0.2, 0.25) is 0 Å². The fourth-order valence-corrected chi connectivity index (χ4v) is 0.604. The van der Waals surface area contributed by atoms with Crippen molar-refractivity contribution in [2.24, 2.45) is 0 Å². The summed E-state index contributed by atoms with van der Waals surface area (Å²) >= 11 is 0. The maximum absolute atomic E-state index is 8.24. The van der Waals surface area contributed by atoms with Crippen molar-refractivity contribution in [3.8, 4) is 0 Å². The minimum atomic E-state index is 0. The normalized spacial score (nSPS) is 6.87. The van der Waals surface area contributed by atoms with Gasteiger partial charge in [0.05, 0.1) is 26.3 Å². The van der Waals surface area contributed by atoms with E-state index in [1.165, 1.54) is 12.8 Å². The molecule has 0 unspecified atom stereocenters. The van der Waals surface area contributed by atoms with E-state index in [0.29, 0.717) is 19.6 Å². The number of aliphatic hydroxyl groups is 3. The molecule has 0 aromatic carbocycles. The minimum absolute atomic E-state index is 0. The molecule has 15 nitrogen and oxygen atoms in total. The standard InChI is InChI=1S/C4H10N2.C4H10.2C2H7NO.CHO2.2CO2.CH4O.2Ca.5ClH.Mg.H3N.H2O.H/c1-2-6-4-3-5-1;1-3-4-2;2*3-1-2-4;3*2-1-3;1-2;;;;;;;;;;;/h5-6H,1-4H2;3-4H2,1-2H3;2*4H,1-3H2;(H,2,3);;;2H,1H3;;;5*1H;;1H3;1H2;/q;;;;-1;;;;2*+2;;;;;;+2;;;-1/p-3/i;;;;;;;;;;;;;;;;;;1+1. The van der Waals surface area contributed by atoms with E-state index in [4.69, 9.17) is 44.4 Å². The van der Waals surface area contributed by atoms with Gasteiger partial charge in [0.1, 0.15) is 0 Å². The first-order valence-corrected chi connectivity index (χ1v) is 8.65. The summed E-state index contributed by atoms with van der Waals surface area (Å²) in [6, 6.07) is 0. The predicted molar refractivity (Wildman–Crippen MR) is 129 cm³/mol. The van der Waals surface area contributed by atoms with Crippen molar-refractivity contribution in [1.29, 1.82) is 0 Å². The number of halogens is 5. The van der Waals surface area contributed by atoms with Gasteiger partial charge in [-0.2, -0.15) is 19.2 Å². The Balaban J connectivity index is -0.00000000846. The smallest absolute Gasteiger partial charge is 1.00 e. The third kappa shape index (κ3) is 449. The van der Waals surface area contributed by atoms with Gasteiger partial charge >= 0.3 is 111 Å². The van der Waals surface area contributed by atoms with Gasteiger partial charge in [0.25, 0.3) is 0 Å². The fraction of sp³-hybridized carbons (Fsp3) is 0.812. The molecule has 0 radical (unpaired) electrons. The van der Waals surface area contributed by atoms with Crippen LogP contribution in [0.4, 0.5) is 0 Å². The average molecular weight is 752 g/mol. The third-order valence-electron chi connectivity index (χ3n) is 1.77. The molecule has 0 spiro atoms. The summed E-state index contributed by atoms with van der Waals surface area (Å²) in [6.07, 6.45) is 3.14. The maximum atomic E-state index is 8.24. The Bertz CT molecular complexity index is 282. The van der Waals surface area contributed by atoms with Crippen LogP contribution in [0.3, 0.4) is 0 Å². The second kappa shape index (κ2) is 205. The van der Waals surface area contributed by atoms with Gasteiger partial charge in [-0.05, 0) is 0 Å². The van der Waals surface area contributed by atoms with Gasteiger partial charge in [0, 0.05) is 33.3 Å². The molecule has 0 aliphatic carbocycles. The second-order valence-electron chi connectivity index (χ2n) is 3.91. The molecule has 0 bridgehead atoms. The fourth-order valence-electron chi connectivity index (χ4n) is 0.604. The van der Waals surface area contributed by atoms with Crippen molar-refractivity contribution in [3.63, 3.8) is 0 Å². The van der Waals surface area contributed by atoms with Crippen LogP contribution in [-0.2, 0) is 24.0 Å². The third-order valence-corrected chi connectivity index (χ3v) is 1.77. The number of unbranched alkanes of at least 4 members (excludes halogenated alkanes) is 1. The summed E-state index contributed by atoms with van der Waals surface area (Å²) in [7, 11) is 1.00. The number of carbonyl (C=O) groups excluding carboxylic acids is 4. The Labute approximate surface area is 340 Å². The van der Waals surface area contributed by atoms with E-state index in [-0.39, 0.29) is 199 Å². The number of aliphatic hydroxyl groups excluding tert-OH is 4. The van der Waals surface area contributed by atoms with Gasteiger partial charge < -0.3 is 122 Å². The molecule has 1 fully saturated rings. The first-order valence-electron chi connectivity index (χ1n) is 8.65. The van der Waals surface area contributed by atoms with Crippen LogP contribution in [0.5, 0.6) is 0 Å². The molecule has 1 heterocycles. The first-order chi connectivity index (χ1) is 14.0. The molecule has 39 heavy (non-hydrogen) atoms. The number of hydrogen-bond acceptors (Lipinski definition) is 11. The number of rotatable bonds is 3. The summed E-state index contributed by atoms with van der Waals surface area (Å²) < 4.78 is 0. The van der Waals surface area contributed by atoms with E-state index >= 15 is 0 Å². The van der Waals surface area contributed by atoms with Crippen LogP contribution in [0.25, 0.3) is 0 Å². The Morgan fingerprint density at radius 3 is 0.872 bits per heavy atom. The topological polar surface area (TPSA) is 312 Å². The summed E-state index contributed by atoms with van der Waals surface area (Å²) in [5.41, 5.74) is 6.71. The van der Waals surface area contributed by atoms with Crippen LogP contribution in [0.1, 0.15) is 28.1 Å². The average Bonchev–Trinajstić information content (AvgIpc) is 2.78. The zero-order chi connectivity index (χ0) is 24.6. The quantitative estimate of drug-likeness (QED) is 0.0959. The van der Waals surface area contributed by atoms with E-state index in [1.807, 2.05) is 0 Å². The summed E-state index contributed by atoms with van der Waals surface area (Å²) in [5.74, 6) is 0. The summed E-state index contributed by atoms with van der Waals surface area (Å²) in [6.45, 7) is 11.1. The zero-order valence-electron chi connectivity index (χ0n) is 24.3. The number of quaternary nitrogens is 3. The van der Waals surface area contributed by atoms with Crippen molar-refractivity contribution in [3.05, 3.63) is 0 Å². The molecule has 1 rings (SSSR count). The SMILES string of the molecule is C1CNCCN1.CCCC.CO.O=C=O.O=C=O.O=[C-]O.[2H-].[Ca+2].[Ca+2].[Cl-].[Cl-].[Cl-].[Cl-].[Cl-].[Mg+2].[NH3+]CCO.[NH3+]CCO.[NH4+].[OH-]. The second-order valence-corrected chi connectivity index (χ2v) is 3.91. The Kier molecular flexibility index (Phi) is 597. The van der Waals surface area contributed by atoms with Gasteiger partial charge in [-0.1, -0.05) is 33.2 Å². The number of hydrogen-bond donors (Lipinski definition) is 9. The first kappa shape index (κ1) is 113. The van der Waals surface area contributed by atoms with Crippen LogP contribution in [-0.4, -0.2) is 203 Å². The van der Waals surface area contributed by atoms with E-state index in [9.17, 15) is 0 Å². The van der Waals surface area contributed by atoms with Crippen LogP contribution < -0.4 is 90.3 Å². The number of nitrogens with one attached hydrogen (secondary N) is 2. The number of piperazine rings is 1. The molecular weight excluding hydrogens is 704 g/mol. The van der Waals surface area contributed by atoms with Gasteiger partial charge in [-0.15, -0.1) is 0 Å².